The second-order valence-electron chi connectivity index (χ2n) is 7.72. The Labute approximate surface area is 172 Å². The Kier molecular flexibility index (Phi) is 6.88. The highest BCUT2D eigenvalue weighted by atomic mass is 16.5. The summed E-state index contributed by atoms with van der Waals surface area (Å²) in [7, 11) is 0. The normalized spacial score (nSPS) is 13.8. The molecule has 3 N–H and O–H groups in total. The summed E-state index contributed by atoms with van der Waals surface area (Å²) in [6.45, 7) is 6.77. The second kappa shape index (κ2) is 9.56. The van der Waals surface area contributed by atoms with E-state index in [1.54, 1.807) is 0 Å². The fraction of sp³-hybridized carbons (Fsp3) is 0.391. The third-order valence-electron chi connectivity index (χ3n) is 5.05. The quantitative estimate of drug-likeness (QED) is 0.561. The molecule has 0 aliphatic carbocycles. The minimum absolute atomic E-state index is 0.169. The van der Waals surface area contributed by atoms with Gasteiger partial charge in [-0.05, 0) is 55.2 Å². The van der Waals surface area contributed by atoms with Crippen LogP contribution in [0.1, 0.15) is 42.5 Å². The van der Waals surface area contributed by atoms with Crippen molar-refractivity contribution < 1.29 is 14.6 Å². The number of benzene rings is 2. The first-order chi connectivity index (χ1) is 14.0. The molecule has 0 amide bonds. The summed E-state index contributed by atoms with van der Waals surface area (Å²) in [5.74, 6) is 0.132. The smallest absolute Gasteiger partial charge is 0.304 e. The van der Waals surface area contributed by atoms with Crippen LogP contribution < -0.4 is 10.1 Å². The molecule has 0 fully saturated rings. The van der Waals surface area contributed by atoms with Crippen LogP contribution in [-0.2, 0) is 24.4 Å². The van der Waals surface area contributed by atoms with Crippen molar-refractivity contribution in [3.63, 3.8) is 0 Å². The van der Waals surface area contributed by atoms with Crippen molar-refractivity contribution in [3.8, 4) is 5.75 Å². The Balaban J connectivity index is 1.67. The van der Waals surface area contributed by atoms with E-state index in [-0.39, 0.29) is 6.42 Å². The van der Waals surface area contributed by atoms with Gasteiger partial charge < -0.3 is 20.6 Å². The largest absolute Gasteiger partial charge is 0.489 e. The van der Waals surface area contributed by atoms with Crippen LogP contribution in [0.5, 0.6) is 5.75 Å². The monoisotopic (exact) mass is 395 g/mol. The van der Waals surface area contributed by atoms with Crippen LogP contribution in [0.25, 0.3) is 0 Å². The SMILES string of the molecule is CC(C)Nc1ccc(COc2cccc3c2CCN(CCC(=O)O)C3)cc1C=N. The molecule has 0 bridgehead atoms. The van der Waals surface area contributed by atoms with E-state index in [4.69, 9.17) is 15.3 Å². The van der Waals surface area contributed by atoms with Gasteiger partial charge >= 0.3 is 5.97 Å². The number of hydrogen-bond donors (Lipinski definition) is 3. The Bertz CT molecular complexity index is 880. The minimum Gasteiger partial charge on any atom is -0.489 e. The Morgan fingerprint density at radius 2 is 2.17 bits per heavy atom. The van der Waals surface area contributed by atoms with Gasteiger partial charge in [0.25, 0.3) is 0 Å². The van der Waals surface area contributed by atoms with Crippen LogP contribution in [0.4, 0.5) is 5.69 Å². The van der Waals surface area contributed by atoms with Gasteiger partial charge in [0.05, 0.1) is 6.42 Å². The lowest BCUT2D eigenvalue weighted by molar-refractivity contribution is -0.137. The van der Waals surface area contributed by atoms with Crippen molar-refractivity contribution in [1.82, 2.24) is 4.90 Å². The molecule has 6 heteroatoms. The molecule has 154 valence electrons. The Morgan fingerprint density at radius 3 is 2.90 bits per heavy atom. The number of anilines is 1. The lowest BCUT2D eigenvalue weighted by Gasteiger charge is -2.29. The van der Waals surface area contributed by atoms with Crippen molar-refractivity contribution in [2.75, 3.05) is 18.4 Å². The lowest BCUT2D eigenvalue weighted by Crippen LogP contribution is -2.32. The number of rotatable bonds is 9. The molecule has 1 aliphatic heterocycles. The zero-order valence-corrected chi connectivity index (χ0v) is 17.1. The van der Waals surface area contributed by atoms with Gasteiger partial charge in [0.1, 0.15) is 12.4 Å². The molecular weight excluding hydrogens is 366 g/mol. The minimum atomic E-state index is -0.758. The lowest BCUT2D eigenvalue weighted by atomic mass is 9.98. The number of nitrogens with zero attached hydrogens (tertiary/aromatic N) is 1. The zero-order valence-electron chi connectivity index (χ0n) is 17.1. The molecule has 3 rings (SSSR count). The number of carboxylic acids is 1. The van der Waals surface area contributed by atoms with Gasteiger partial charge in [0.15, 0.2) is 0 Å². The maximum atomic E-state index is 10.8. The van der Waals surface area contributed by atoms with Gasteiger partial charge in [-0.15, -0.1) is 0 Å². The number of carboxylic acid groups (broad SMARTS) is 1. The summed E-state index contributed by atoms with van der Waals surface area (Å²) >= 11 is 0. The highest BCUT2D eigenvalue weighted by Gasteiger charge is 2.20. The third-order valence-corrected chi connectivity index (χ3v) is 5.05. The van der Waals surface area contributed by atoms with E-state index in [9.17, 15) is 4.79 Å². The number of aliphatic carboxylic acids is 1. The highest BCUT2D eigenvalue weighted by Crippen LogP contribution is 2.29. The predicted octanol–water partition coefficient (Wildman–Crippen LogP) is 3.92. The summed E-state index contributed by atoms with van der Waals surface area (Å²) in [5.41, 5.74) is 5.25. The van der Waals surface area contributed by atoms with E-state index in [1.165, 1.54) is 17.3 Å². The fourth-order valence-electron chi connectivity index (χ4n) is 3.64. The van der Waals surface area contributed by atoms with E-state index in [1.807, 2.05) is 30.3 Å². The fourth-order valence-corrected chi connectivity index (χ4v) is 3.64. The Morgan fingerprint density at radius 1 is 1.34 bits per heavy atom. The standard InChI is InChI=1S/C23H29N3O3/c1-16(2)25-21-7-6-17(12-19(21)13-24)15-29-22-5-3-4-18-14-26(10-8-20(18)22)11-9-23(27)28/h3-7,12-13,16,24-25H,8-11,14-15H2,1-2H3,(H,27,28). The summed E-state index contributed by atoms with van der Waals surface area (Å²) in [6.07, 6.45) is 2.39. The maximum Gasteiger partial charge on any atom is 0.304 e. The third kappa shape index (κ3) is 5.57. The topological polar surface area (TPSA) is 85.7 Å². The molecule has 0 atom stereocenters. The molecule has 0 saturated carbocycles. The first kappa shape index (κ1) is 20.9. The zero-order chi connectivity index (χ0) is 20.8. The first-order valence-corrected chi connectivity index (χ1v) is 10.0. The molecule has 29 heavy (non-hydrogen) atoms. The number of carbonyl (C=O) groups is 1. The summed E-state index contributed by atoms with van der Waals surface area (Å²) in [5, 5.41) is 19.9. The first-order valence-electron chi connectivity index (χ1n) is 10.0. The molecule has 0 aromatic heterocycles. The van der Waals surface area contributed by atoms with Crippen LogP contribution in [0.3, 0.4) is 0 Å². The Hall–Kier alpha value is -2.86. The highest BCUT2D eigenvalue weighted by molar-refractivity contribution is 5.86. The van der Waals surface area contributed by atoms with Gasteiger partial charge in [0, 0.05) is 43.1 Å². The molecule has 6 nitrogen and oxygen atoms in total. The van der Waals surface area contributed by atoms with Gasteiger partial charge in [-0.1, -0.05) is 18.2 Å². The van der Waals surface area contributed by atoms with E-state index in [0.29, 0.717) is 19.2 Å². The number of ether oxygens (including phenoxy) is 1. The predicted molar refractivity (Wildman–Crippen MR) is 115 cm³/mol. The second-order valence-corrected chi connectivity index (χ2v) is 7.72. The van der Waals surface area contributed by atoms with Crippen molar-refractivity contribution in [2.45, 2.75) is 45.9 Å². The van der Waals surface area contributed by atoms with Crippen LogP contribution in [0.2, 0.25) is 0 Å². The van der Waals surface area contributed by atoms with Crippen molar-refractivity contribution in [1.29, 1.82) is 5.41 Å². The molecule has 1 heterocycles. The molecule has 2 aromatic carbocycles. The maximum absolute atomic E-state index is 10.8. The van der Waals surface area contributed by atoms with Crippen LogP contribution in [0.15, 0.2) is 36.4 Å². The van der Waals surface area contributed by atoms with Crippen molar-refractivity contribution >= 4 is 17.9 Å². The summed E-state index contributed by atoms with van der Waals surface area (Å²) < 4.78 is 6.14. The summed E-state index contributed by atoms with van der Waals surface area (Å²) in [4.78, 5) is 13.0. The van der Waals surface area contributed by atoms with E-state index < -0.39 is 5.97 Å². The molecular formula is C23H29N3O3. The average Bonchev–Trinajstić information content (AvgIpc) is 2.70. The van der Waals surface area contributed by atoms with Gasteiger partial charge in [0.2, 0.25) is 0 Å². The average molecular weight is 396 g/mol. The van der Waals surface area contributed by atoms with Gasteiger partial charge in [-0.2, -0.15) is 0 Å². The van der Waals surface area contributed by atoms with Gasteiger partial charge in [-0.3, -0.25) is 9.69 Å². The van der Waals surface area contributed by atoms with Gasteiger partial charge in [-0.25, -0.2) is 0 Å². The van der Waals surface area contributed by atoms with Crippen LogP contribution in [-0.4, -0.2) is 41.3 Å². The molecule has 0 unspecified atom stereocenters. The summed E-state index contributed by atoms with van der Waals surface area (Å²) in [6, 6.07) is 12.4. The van der Waals surface area contributed by atoms with E-state index >= 15 is 0 Å². The van der Waals surface area contributed by atoms with Crippen molar-refractivity contribution in [3.05, 3.63) is 58.7 Å². The molecule has 0 radical (unpaired) electrons. The van der Waals surface area contributed by atoms with Crippen molar-refractivity contribution in [2.24, 2.45) is 0 Å². The van der Waals surface area contributed by atoms with E-state index in [2.05, 4.69) is 30.1 Å². The molecule has 0 saturated heterocycles. The molecule has 2 aromatic rings. The molecule has 0 spiro atoms. The number of fused-ring (bicyclic) bond motifs is 1. The van der Waals surface area contributed by atoms with Crippen LogP contribution >= 0.6 is 0 Å². The number of nitrogens with one attached hydrogen (secondary N) is 2. The number of hydrogen-bond acceptors (Lipinski definition) is 5. The van der Waals surface area contributed by atoms with Crippen LogP contribution in [0, 0.1) is 5.41 Å². The van der Waals surface area contributed by atoms with E-state index in [0.717, 1.165) is 42.1 Å². The molecule has 1 aliphatic rings.